The number of hydrogen-bond donors (Lipinski definition) is 0. The number of para-hydroxylation sites is 1. The Morgan fingerprint density at radius 2 is 2.17 bits per heavy atom. The molecule has 128 valence electrons. The van der Waals surface area contributed by atoms with Crippen LogP contribution in [0.15, 0.2) is 30.5 Å². The zero-order chi connectivity index (χ0) is 17.3. The highest BCUT2D eigenvalue weighted by atomic mass is 16.6. The molecular formula is C20H26N2O2. The lowest BCUT2D eigenvalue weighted by Gasteiger charge is -2.24. The molecule has 1 aliphatic rings. The Kier molecular flexibility index (Phi) is 4.48. The van der Waals surface area contributed by atoms with Crippen LogP contribution >= 0.6 is 0 Å². The Hall–Kier alpha value is -2.10. The van der Waals surface area contributed by atoms with Gasteiger partial charge in [0.15, 0.2) is 0 Å². The lowest BCUT2D eigenvalue weighted by molar-refractivity contribution is 0.0292. The topological polar surface area (TPSA) is 42.4 Å². The first-order valence-electron chi connectivity index (χ1n) is 8.73. The Balaban J connectivity index is 1.81. The van der Waals surface area contributed by atoms with E-state index in [0.29, 0.717) is 12.5 Å². The van der Waals surface area contributed by atoms with Gasteiger partial charge in [-0.3, -0.25) is 4.98 Å². The summed E-state index contributed by atoms with van der Waals surface area (Å²) in [5.74, 6) is 0.321. The van der Waals surface area contributed by atoms with E-state index in [2.05, 4.69) is 31.2 Å². The minimum absolute atomic E-state index is 0.216. The zero-order valence-electron chi connectivity index (χ0n) is 15.0. The molecular weight excluding hydrogens is 300 g/mol. The summed E-state index contributed by atoms with van der Waals surface area (Å²) < 4.78 is 5.49. The molecule has 0 saturated carbocycles. The fraction of sp³-hybridized carbons (Fsp3) is 0.500. The molecule has 4 nitrogen and oxygen atoms in total. The molecule has 0 radical (unpaired) electrons. The number of hydrogen-bond acceptors (Lipinski definition) is 3. The van der Waals surface area contributed by atoms with Crippen molar-refractivity contribution in [2.24, 2.45) is 0 Å². The molecule has 1 fully saturated rings. The van der Waals surface area contributed by atoms with E-state index >= 15 is 0 Å². The summed E-state index contributed by atoms with van der Waals surface area (Å²) >= 11 is 0. The van der Waals surface area contributed by atoms with Crippen molar-refractivity contribution in [1.82, 2.24) is 9.88 Å². The average Bonchev–Trinajstić information content (AvgIpc) is 3.02. The monoisotopic (exact) mass is 326 g/mol. The van der Waals surface area contributed by atoms with Crippen LogP contribution in [-0.2, 0) is 11.2 Å². The number of pyridine rings is 1. The van der Waals surface area contributed by atoms with Gasteiger partial charge < -0.3 is 9.64 Å². The van der Waals surface area contributed by atoms with Crippen LogP contribution in [0, 0.1) is 0 Å². The second kappa shape index (κ2) is 6.42. The number of amides is 1. The largest absolute Gasteiger partial charge is 0.444 e. The molecule has 0 aliphatic carbocycles. The Bertz CT molecular complexity index is 749. The van der Waals surface area contributed by atoms with E-state index < -0.39 is 5.60 Å². The number of nitrogens with zero attached hydrogens (tertiary/aromatic N) is 2. The van der Waals surface area contributed by atoms with Crippen molar-refractivity contribution in [2.75, 3.05) is 13.1 Å². The van der Waals surface area contributed by atoms with E-state index in [1.54, 1.807) is 0 Å². The third-order valence-corrected chi connectivity index (χ3v) is 4.49. The van der Waals surface area contributed by atoms with Gasteiger partial charge >= 0.3 is 6.09 Å². The second-order valence-electron chi connectivity index (χ2n) is 7.53. The number of ether oxygens (including phenoxy) is 1. The number of likely N-dealkylation sites (tertiary alicyclic amines) is 1. The van der Waals surface area contributed by atoms with Gasteiger partial charge in [0.2, 0.25) is 0 Å². The highest BCUT2D eigenvalue weighted by Crippen LogP contribution is 2.32. The van der Waals surface area contributed by atoms with Crippen molar-refractivity contribution in [3.8, 4) is 0 Å². The number of rotatable bonds is 2. The van der Waals surface area contributed by atoms with E-state index in [9.17, 15) is 4.79 Å². The van der Waals surface area contributed by atoms with E-state index in [0.717, 1.165) is 24.9 Å². The Labute approximate surface area is 143 Å². The van der Waals surface area contributed by atoms with Gasteiger partial charge in [-0.15, -0.1) is 0 Å². The summed E-state index contributed by atoms with van der Waals surface area (Å²) in [7, 11) is 0. The summed E-state index contributed by atoms with van der Waals surface area (Å²) in [5.41, 5.74) is 3.10. The number of fused-ring (bicyclic) bond motifs is 1. The Morgan fingerprint density at radius 1 is 1.38 bits per heavy atom. The van der Waals surface area contributed by atoms with Gasteiger partial charge in [0.05, 0.1) is 5.52 Å². The number of carbonyl (C=O) groups excluding carboxylic acids is 1. The minimum atomic E-state index is -0.452. The molecule has 1 atom stereocenters. The van der Waals surface area contributed by atoms with Gasteiger partial charge in [-0.05, 0) is 50.8 Å². The van der Waals surface area contributed by atoms with Crippen molar-refractivity contribution in [2.45, 2.75) is 52.1 Å². The molecule has 0 N–H and O–H groups in total. The van der Waals surface area contributed by atoms with Crippen LogP contribution < -0.4 is 0 Å². The minimum Gasteiger partial charge on any atom is -0.444 e. The molecule has 3 rings (SSSR count). The normalized spacial score (nSPS) is 18.2. The van der Waals surface area contributed by atoms with Gasteiger partial charge in [-0.2, -0.15) is 0 Å². The second-order valence-corrected chi connectivity index (χ2v) is 7.53. The molecule has 1 aliphatic heterocycles. The van der Waals surface area contributed by atoms with Crippen LogP contribution in [-0.4, -0.2) is 34.7 Å². The van der Waals surface area contributed by atoms with Crippen LogP contribution in [0.5, 0.6) is 0 Å². The molecule has 0 bridgehead atoms. The molecule has 1 saturated heterocycles. The summed E-state index contributed by atoms with van der Waals surface area (Å²) in [6.07, 6.45) is 3.69. The Morgan fingerprint density at radius 3 is 2.88 bits per heavy atom. The van der Waals surface area contributed by atoms with Gasteiger partial charge in [0, 0.05) is 30.6 Å². The lowest BCUT2D eigenvalue weighted by atomic mass is 9.95. The van der Waals surface area contributed by atoms with Gasteiger partial charge in [0.1, 0.15) is 5.60 Å². The predicted molar refractivity (Wildman–Crippen MR) is 96.3 cm³/mol. The molecule has 24 heavy (non-hydrogen) atoms. The average molecular weight is 326 g/mol. The van der Waals surface area contributed by atoms with Crippen LogP contribution in [0.25, 0.3) is 10.9 Å². The maximum atomic E-state index is 12.3. The summed E-state index contributed by atoms with van der Waals surface area (Å²) in [6, 6.07) is 8.57. The van der Waals surface area contributed by atoms with Crippen LogP contribution in [0.3, 0.4) is 0 Å². The number of benzene rings is 1. The van der Waals surface area contributed by atoms with Crippen LogP contribution in [0.1, 0.15) is 51.2 Å². The third-order valence-electron chi connectivity index (χ3n) is 4.49. The first-order valence-corrected chi connectivity index (χ1v) is 8.73. The third kappa shape index (κ3) is 3.53. The fourth-order valence-corrected chi connectivity index (χ4v) is 3.26. The quantitative estimate of drug-likeness (QED) is 0.815. The van der Waals surface area contributed by atoms with Gasteiger partial charge in [-0.25, -0.2) is 4.79 Å². The SMILES string of the molecule is CCc1cnc2c(C3CCN(C(=O)OC(C)(C)C)C3)cccc2c1. The van der Waals surface area contributed by atoms with Crippen LogP contribution in [0.4, 0.5) is 4.79 Å². The molecule has 1 amide bonds. The van der Waals surface area contributed by atoms with E-state index in [-0.39, 0.29) is 6.09 Å². The maximum absolute atomic E-state index is 12.3. The van der Waals surface area contributed by atoms with E-state index in [1.165, 1.54) is 16.5 Å². The first kappa shape index (κ1) is 16.7. The first-order chi connectivity index (χ1) is 11.4. The highest BCUT2D eigenvalue weighted by Gasteiger charge is 2.31. The van der Waals surface area contributed by atoms with Gasteiger partial charge in [-0.1, -0.05) is 25.1 Å². The fourth-order valence-electron chi connectivity index (χ4n) is 3.26. The van der Waals surface area contributed by atoms with E-state index in [1.807, 2.05) is 31.9 Å². The molecule has 4 heteroatoms. The van der Waals surface area contributed by atoms with Crippen molar-refractivity contribution >= 4 is 17.0 Å². The maximum Gasteiger partial charge on any atom is 0.410 e. The number of aryl methyl sites for hydroxylation is 1. The summed E-state index contributed by atoms with van der Waals surface area (Å²) in [5, 5.41) is 1.18. The lowest BCUT2D eigenvalue weighted by Crippen LogP contribution is -2.35. The predicted octanol–water partition coefficient (Wildman–Crippen LogP) is 4.52. The smallest absolute Gasteiger partial charge is 0.410 e. The van der Waals surface area contributed by atoms with Crippen molar-refractivity contribution in [3.05, 3.63) is 41.6 Å². The van der Waals surface area contributed by atoms with Crippen molar-refractivity contribution < 1.29 is 9.53 Å². The number of carbonyl (C=O) groups is 1. The molecule has 1 aromatic heterocycles. The molecule has 1 aromatic carbocycles. The molecule has 1 unspecified atom stereocenters. The number of aromatic nitrogens is 1. The summed E-state index contributed by atoms with van der Waals surface area (Å²) in [6.45, 7) is 9.28. The molecule has 2 aromatic rings. The molecule has 0 spiro atoms. The van der Waals surface area contributed by atoms with Crippen molar-refractivity contribution in [3.63, 3.8) is 0 Å². The van der Waals surface area contributed by atoms with E-state index in [4.69, 9.17) is 9.72 Å². The standard InChI is InChI=1S/C20H26N2O2/c1-5-14-11-15-7-6-8-17(18(15)21-12-14)16-9-10-22(13-16)19(23)24-20(2,3)4/h6-8,11-12,16H,5,9-10,13H2,1-4H3. The van der Waals surface area contributed by atoms with Gasteiger partial charge in [0.25, 0.3) is 0 Å². The van der Waals surface area contributed by atoms with Crippen LogP contribution in [0.2, 0.25) is 0 Å². The summed E-state index contributed by atoms with van der Waals surface area (Å²) in [4.78, 5) is 18.8. The zero-order valence-corrected chi connectivity index (χ0v) is 15.0. The van der Waals surface area contributed by atoms with Crippen molar-refractivity contribution in [1.29, 1.82) is 0 Å². The highest BCUT2D eigenvalue weighted by molar-refractivity contribution is 5.83. The molecule has 2 heterocycles.